The van der Waals surface area contributed by atoms with Crippen LogP contribution in [0.1, 0.15) is 35.1 Å². The van der Waals surface area contributed by atoms with Gasteiger partial charge in [0.05, 0.1) is 9.85 Å². The van der Waals surface area contributed by atoms with Gasteiger partial charge in [-0.25, -0.2) is 0 Å². The molecule has 0 heterocycles. The van der Waals surface area contributed by atoms with Crippen molar-refractivity contribution in [3.8, 4) is 0 Å². The number of benzene rings is 2. The normalized spacial score (nSPS) is 10.7. The molecule has 2 rings (SSSR count). The summed E-state index contributed by atoms with van der Waals surface area (Å²) >= 11 is 0. The number of hydrogen-bond donors (Lipinski definition) is 0. The smallest absolute Gasteiger partial charge is 0.258 e. The van der Waals surface area contributed by atoms with Crippen LogP contribution in [0.2, 0.25) is 0 Å². The second-order valence-corrected chi connectivity index (χ2v) is 5.32. The molecule has 0 aliphatic heterocycles. The number of nitro benzene ring substituents is 2. The van der Waals surface area contributed by atoms with E-state index in [0.29, 0.717) is 0 Å². The molecule has 0 bridgehead atoms. The summed E-state index contributed by atoms with van der Waals surface area (Å²) < 4.78 is 0. The van der Waals surface area contributed by atoms with Crippen LogP contribution in [0.5, 0.6) is 0 Å². The zero-order valence-electron chi connectivity index (χ0n) is 12.6. The minimum Gasteiger partial charge on any atom is -0.258 e. The van der Waals surface area contributed by atoms with Gasteiger partial charge in [0.15, 0.2) is 0 Å². The predicted octanol–water partition coefficient (Wildman–Crippen LogP) is 4.27. The first-order valence-corrected chi connectivity index (χ1v) is 6.81. The minimum atomic E-state index is -0.435. The third-order valence-corrected chi connectivity index (χ3v) is 3.88. The fourth-order valence-electron chi connectivity index (χ4n) is 2.58. The monoisotopic (exact) mass is 300 g/mol. The van der Waals surface area contributed by atoms with Gasteiger partial charge in [-0.15, -0.1) is 0 Å². The molecule has 0 N–H and O–H groups in total. The lowest BCUT2D eigenvalue weighted by atomic mass is 9.87. The van der Waals surface area contributed by atoms with Crippen molar-refractivity contribution in [3.63, 3.8) is 0 Å². The fraction of sp³-hybridized carbons (Fsp3) is 0.250. The molecule has 22 heavy (non-hydrogen) atoms. The van der Waals surface area contributed by atoms with Crippen molar-refractivity contribution in [2.45, 2.75) is 26.7 Å². The Balaban J connectivity index is 2.54. The maximum absolute atomic E-state index is 11.0. The summed E-state index contributed by atoms with van der Waals surface area (Å²) in [4.78, 5) is 21.0. The Labute approximate surface area is 127 Å². The molecule has 0 saturated carbocycles. The molecule has 2 aromatic rings. The van der Waals surface area contributed by atoms with Crippen molar-refractivity contribution in [2.75, 3.05) is 0 Å². The topological polar surface area (TPSA) is 86.3 Å². The summed E-state index contributed by atoms with van der Waals surface area (Å²) in [6.07, 6.45) is 0. The van der Waals surface area contributed by atoms with Gasteiger partial charge in [-0.3, -0.25) is 20.2 Å². The van der Waals surface area contributed by atoms with Gasteiger partial charge in [-0.2, -0.15) is 0 Å². The molecule has 114 valence electrons. The number of nitro groups is 2. The van der Waals surface area contributed by atoms with Crippen molar-refractivity contribution in [1.29, 1.82) is 0 Å². The third-order valence-electron chi connectivity index (χ3n) is 3.88. The summed E-state index contributed by atoms with van der Waals surface area (Å²) in [5.41, 5.74) is 3.50. The molecule has 2 aromatic carbocycles. The van der Waals surface area contributed by atoms with E-state index in [1.165, 1.54) is 24.3 Å². The van der Waals surface area contributed by atoms with E-state index >= 15 is 0 Å². The van der Waals surface area contributed by atoms with Gasteiger partial charge in [0, 0.05) is 30.2 Å². The van der Waals surface area contributed by atoms with E-state index in [4.69, 9.17) is 0 Å². The van der Waals surface area contributed by atoms with Gasteiger partial charge in [0.25, 0.3) is 11.4 Å². The highest BCUT2D eigenvalue weighted by Crippen LogP contribution is 2.33. The van der Waals surface area contributed by atoms with Gasteiger partial charge in [-0.05, 0) is 36.1 Å². The van der Waals surface area contributed by atoms with E-state index in [9.17, 15) is 20.2 Å². The van der Waals surface area contributed by atoms with Crippen LogP contribution in [0.25, 0.3) is 0 Å². The number of nitrogens with zero attached hydrogens (tertiary/aromatic N) is 2. The number of non-ortho nitro benzene ring substituents is 2. The zero-order valence-corrected chi connectivity index (χ0v) is 12.6. The van der Waals surface area contributed by atoms with Crippen molar-refractivity contribution in [1.82, 2.24) is 0 Å². The maximum atomic E-state index is 11.0. The predicted molar refractivity (Wildman–Crippen MR) is 83.2 cm³/mol. The minimum absolute atomic E-state index is 0.0236. The highest BCUT2D eigenvalue weighted by atomic mass is 16.6. The summed E-state index contributed by atoms with van der Waals surface area (Å²) in [6.45, 7) is 5.66. The largest absolute Gasteiger partial charge is 0.269 e. The van der Waals surface area contributed by atoms with Gasteiger partial charge in [-0.1, -0.05) is 19.1 Å². The van der Waals surface area contributed by atoms with E-state index in [1.54, 1.807) is 12.1 Å². The Kier molecular flexibility index (Phi) is 4.21. The molecular formula is C16H16N2O4. The zero-order chi connectivity index (χ0) is 16.4. The SMILES string of the molecule is Cc1ccc([N+](=O)[O-])cc1C(C)c1cc([N+](=O)[O-])ccc1C. The second-order valence-electron chi connectivity index (χ2n) is 5.32. The van der Waals surface area contributed by atoms with Crippen LogP contribution in [0.4, 0.5) is 11.4 Å². The van der Waals surface area contributed by atoms with Crippen molar-refractivity contribution in [2.24, 2.45) is 0 Å². The summed E-state index contributed by atoms with van der Waals surface area (Å²) in [5, 5.41) is 21.9. The fourth-order valence-corrected chi connectivity index (χ4v) is 2.58. The van der Waals surface area contributed by atoms with Crippen LogP contribution >= 0.6 is 0 Å². The molecule has 0 fully saturated rings. The molecule has 0 saturated heterocycles. The summed E-state index contributed by atoms with van der Waals surface area (Å²) in [6, 6.07) is 9.42. The van der Waals surface area contributed by atoms with Crippen LogP contribution in [-0.4, -0.2) is 9.85 Å². The van der Waals surface area contributed by atoms with E-state index in [2.05, 4.69) is 0 Å². The Hall–Kier alpha value is -2.76. The highest BCUT2D eigenvalue weighted by molar-refractivity contribution is 5.49. The Morgan fingerprint density at radius 2 is 1.18 bits per heavy atom. The molecule has 0 amide bonds. The van der Waals surface area contributed by atoms with Crippen LogP contribution < -0.4 is 0 Å². The molecule has 0 aromatic heterocycles. The van der Waals surface area contributed by atoms with Crippen LogP contribution in [0, 0.1) is 34.1 Å². The van der Waals surface area contributed by atoms with E-state index in [1.807, 2.05) is 20.8 Å². The number of rotatable bonds is 4. The van der Waals surface area contributed by atoms with Crippen LogP contribution in [-0.2, 0) is 0 Å². The quantitative estimate of drug-likeness (QED) is 0.623. The maximum Gasteiger partial charge on any atom is 0.269 e. The Morgan fingerprint density at radius 1 is 0.818 bits per heavy atom. The van der Waals surface area contributed by atoms with Crippen molar-refractivity contribution >= 4 is 11.4 Å². The van der Waals surface area contributed by atoms with Crippen molar-refractivity contribution in [3.05, 3.63) is 78.9 Å². The lowest BCUT2D eigenvalue weighted by Gasteiger charge is -2.17. The first-order chi connectivity index (χ1) is 10.3. The van der Waals surface area contributed by atoms with Gasteiger partial charge >= 0.3 is 0 Å². The van der Waals surface area contributed by atoms with Crippen LogP contribution in [0.3, 0.4) is 0 Å². The third kappa shape index (κ3) is 2.95. The average Bonchev–Trinajstić information content (AvgIpc) is 2.47. The second kappa shape index (κ2) is 5.93. The standard InChI is InChI=1S/C16H16N2O4/c1-10-4-6-13(17(19)20)8-15(10)12(3)16-9-14(18(21)22)7-5-11(16)2/h4-9,12H,1-3H3. The lowest BCUT2D eigenvalue weighted by Crippen LogP contribution is -2.03. The van der Waals surface area contributed by atoms with E-state index < -0.39 is 9.85 Å². The number of hydrogen-bond acceptors (Lipinski definition) is 4. The molecule has 0 aliphatic carbocycles. The number of aryl methyl sites for hydroxylation is 2. The molecule has 0 atom stereocenters. The van der Waals surface area contributed by atoms with E-state index in [-0.39, 0.29) is 17.3 Å². The molecule has 0 radical (unpaired) electrons. The summed E-state index contributed by atoms with van der Waals surface area (Å²) in [5.74, 6) is -0.167. The first-order valence-electron chi connectivity index (χ1n) is 6.81. The van der Waals surface area contributed by atoms with Crippen molar-refractivity contribution < 1.29 is 9.85 Å². The van der Waals surface area contributed by atoms with Gasteiger partial charge < -0.3 is 0 Å². The molecule has 0 aliphatic rings. The van der Waals surface area contributed by atoms with E-state index in [0.717, 1.165) is 22.3 Å². The Bertz CT molecular complexity index is 692. The average molecular weight is 300 g/mol. The van der Waals surface area contributed by atoms with Crippen LogP contribution in [0.15, 0.2) is 36.4 Å². The highest BCUT2D eigenvalue weighted by Gasteiger charge is 2.19. The molecule has 6 nitrogen and oxygen atoms in total. The lowest BCUT2D eigenvalue weighted by molar-refractivity contribution is -0.385. The summed E-state index contributed by atoms with van der Waals surface area (Å²) in [7, 11) is 0. The van der Waals surface area contributed by atoms with Gasteiger partial charge in [0.2, 0.25) is 0 Å². The molecular weight excluding hydrogens is 284 g/mol. The first kappa shape index (κ1) is 15.6. The van der Waals surface area contributed by atoms with Gasteiger partial charge in [0.1, 0.15) is 0 Å². The molecule has 0 spiro atoms. The molecule has 6 heteroatoms. The molecule has 0 unspecified atom stereocenters. The Morgan fingerprint density at radius 3 is 1.50 bits per heavy atom.